The Labute approximate surface area is 142 Å². The lowest BCUT2D eigenvalue weighted by Crippen LogP contribution is -2.31. The molecule has 0 saturated carbocycles. The van der Waals surface area contributed by atoms with E-state index in [0.717, 1.165) is 4.90 Å². The Morgan fingerprint density at radius 1 is 1.08 bits per heavy atom. The minimum absolute atomic E-state index is 0.147. The number of nitrogen functional groups attached to an aromatic ring is 1. The number of amides is 2. The molecule has 2 amide bonds. The van der Waals surface area contributed by atoms with E-state index in [1.165, 1.54) is 16.7 Å². The van der Waals surface area contributed by atoms with Gasteiger partial charge in [-0.1, -0.05) is 6.07 Å². The highest BCUT2D eigenvalue weighted by molar-refractivity contribution is 8.00. The van der Waals surface area contributed by atoms with Crippen molar-refractivity contribution in [3.05, 3.63) is 42.5 Å². The van der Waals surface area contributed by atoms with Gasteiger partial charge >= 0.3 is 0 Å². The molecule has 2 N–H and O–H groups in total. The fraction of sp³-hybridized carbons (Fsp3) is 0.176. The molecule has 2 aliphatic heterocycles. The van der Waals surface area contributed by atoms with Crippen LogP contribution in [0.3, 0.4) is 0 Å². The van der Waals surface area contributed by atoms with Crippen molar-refractivity contribution in [2.75, 3.05) is 17.4 Å². The number of rotatable bonds is 3. The molecule has 7 heteroatoms. The van der Waals surface area contributed by atoms with Gasteiger partial charge in [-0.25, -0.2) is 4.90 Å². The molecule has 122 valence electrons. The molecule has 1 fully saturated rings. The second kappa shape index (κ2) is 5.76. The Kier molecular flexibility index (Phi) is 3.57. The van der Waals surface area contributed by atoms with Crippen molar-refractivity contribution in [1.29, 1.82) is 0 Å². The summed E-state index contributed by atoms with van der Waals surface area (Å²) in [5.74, 6) is 0.704. The number of carbonyl (C=O) groups is 2. The lowest BCUT2D eigenvalue weighted by atomic mass is 10.2. The molecule has 0 bridgehead atoms. The number of nitrogens with two attached hydrogens (primary N) is 1. The van der Waals surface area contributed by atoms with E-state index in [4.69, 9.17) is 15.2 Å². The summed E-state index contributed by atoms with van der Waals surface area (Å²) < 4.78 is 10.6. The number of benzene rings is 2. The first-order valence-electron chi connectivity index (χ1n) is 7.40. The Morgan fingerprint density at radius 2 is 1.92 bits per heavy atom. The summed E-state index contributed by atoms with van der Waals surface area (Å²) in [6.45, 7) is 0.147. The van der Waals surface area contributed by atoms with Crippen molar-refractivity contribution < 1.29 is 19.1 Å². The molecule has 24 heavy (non-hydrogen) atoms. The molecular weight excluding hydrogens is 328 g/mol. The normalized spacial score (nSPS) is 19.2. The highest BCUT2D eigenvalue weighted by Gasteiger charge is 2.40. The van der Waals surface area contributed by atoms with Crippen LogP contribution in [0.15, 0.2) is 47.4 Å². The zero-order chi connectivity index (χ0) is 16.7. The van der Waals surface area contributed by atoms with Crippen LogP contribution in [-0.2, 0) is 9.59 Å². The number of thioether (sulfide) groups is 1. The second-order valence-corrected chi connectivity index (χ2v) is 6.76. The van der Waals surface area contributed by atoms with Crippen molar-refractivity contribution >= 4 is 35.0 Å². The maximum atomic E-state index is 12.7. The minimum Gasteiger partial charge on any atom is -0.454 e. The fourth-order valence-electron chi connectivity index (χ4n) is 2.74. The van der Waals surface area contributed by atoms with E-state index in [1.807, 2.05) is 12.1 Å². The first kappa shape index (κ1) is 14.9. The monoisotopic (exact) mass is 342 g/mol. The van der Waals surface area contributed by atoms with E-state index < -0.39 is 5.25 Å². The molecule has 0 radical (unpaired) electrons. The molecule has 2 aromatic carbocycles. The lowest BCUT2D eigenvalue weighted by molar-refractivity contribution is -0.121. The van der Waals surface area contributed by atoms with Crippen molar-refractivity contribution in [2.24, 2.45) is 0 Å². The lowest BCUT2D eigenvalue weighted by Gasteiger charge is -2.15. The van der Waals surface area contributed by atoms with Crippen LogP contribution >= 0.6 is 11.8 Å². The smallest absolute Gasteiger partial charge is 0.247 e. The largest absolute Gasteiger partial charge is 0.454 e. The quantitative estimate of drug-likeness (QED) is 0.681. The van der Waals surface area contributed by atoms with Gasteiger partial charge in [0.25, 0.3) is 0 Å². The predicted molar refractivity (Wildman–Crippen MR) is 90.2 cm³/mol. The van der Waals surface area contributed by atoms with Crippen LogP contribution in [0.4, 0.5) is 11.4 Å². The predicted octanol–water partition coefficient (Wildman–Crippen LogP) is 2.42. The first-order valence-corrected chi connectivity index (χ1v) is 8.28. The zero-order valence-electron chi connectivity index (χ0n) is 12.6. The molecule has 0 unspecified atom stereocenters. The minimum atomic E-state index is -0.454. The third-order valence-corrected chi connectivity index (χ3v) is 5.03. The van der Waals surface area contributed by atoms with Crippen LogP contribution in [0, 0.1) is 0 Å². The van der Waals surface area contributed by atoms with Gasteiger partial charge < -0.3 is 15.2 Å². The van der Waals surface area contributed by atoms with E-state index in [-0.39, 0.29) is 25.0 Å². The van der Waals surface area contributed by atoms with Crippen LogP contribution in [0.25, 0.3) is 0 Å². The number of ether oxygens (including phenoxy) is 2. The van der Waals surface area contributed by atoms with E-state index in [9.17, 15) is 9.59 Å². The molecule has 1 saturated heterocycles. The van der Waals surface area contributed by atoms with Gasteiger partial charge in [-0.2, -0.15) is 0 Å². The Bertz CT molecular complexity index is 839. The molecule has 4 rings (SSSR count). The Balaban J connectivity index is 1.57. The van der Waals surface area contributed by atoms with Gasteiger partial charge in [0.1, 0.15) is 0 Å². The van der Waals surface area contributed by atoms with Gasteiger partial charge in [-0.15, -0.1) is 11.8 Å². The van der Waals surface area contributed by atoms with Crippen molar-refractivity contribution in [3.8, 4) is 11.5 Å². The van der Waals surface area contributed by atoms with Crippen LogP contribution in [-0.4, -0.2) is 23.9 Å². The maximum Gasteiger partial charge on any atom is 0.247 e. The molecule has 1 atom stereocenters. The summed E-state index contributed by atoms with van der Waals surface area (Å²) in [4.78, 5) is 27.1. The van der Waals surface area contributed by atoms with Gasteiger partial charge in [-0.05, 0) is 30.3 Å². The summed E-state index contributed by atoms with van der Waals surface area (Å²) in [6.07, 6.45) is 0.159. The van der Waals surface area contributed by atoms with Crippen LogP contribution < -0.4 is 20.1 Å². The number of carbonyl (C=O) groups excluding carboxylic acids is 2. The fourth-order valence-corrected chi connectivity index (χ4v) is 3.87. The number of nitrogens with zero attached hydrogens (tertiary/aromatic N) is 1. The summed E-state index contributed by atoms with van der Waals surface area (Å²) >= 11 is 1.35. The first-order chi connectivity index (χ1) is 11.6. The summed E-state index contributed by atoms with van der Waals surface area (Å²) in [5.41, 5.74) is 6.90. The third kappa shape index (κ3) is 2.56. The Morgan fingerprint density at radius 3 is 2.75 bits per heavy atom. The highest BCUT2D eigenvalue weighted by Crippen LogP contribution is 2.39. The van der Waals surface area contributed by atoms with Crippen molar-refractivity contribution in [1.82, 2.24) is 0 Å². The maximum absolute atomic E-state index is 12.7. The molecule has 2 aliphatic rings. The van der Waals surface area contributed by atoms with Gasteiger partial charge in [-0.3, -0.25) is 9.59 Å². The van der Waals surface area contributed by atoms with Crippen LogP contribution in [0.5, 0.6) is 11.5 Å². The van der Waals surface area contributed by atoms with E-state index in [0.29, 0.717) is 22.9 Å². The average molecular weight is 342 g/mol. The average Bonchev–Trinajstić information content (AvgIpc) is 3.12. The summed E-state index contributed by atoms with van der Waals surface area (Å²) in [5, 5.41) is -0.454. The van der Waals surface area contributed by atoms with Crippen molar-refractivity contribution in [3.63, 3.8) is 0 Å². The van der Waals surface area contributed by atoms with Gasteiger partial charge in [0.2, 0.25) is 18.6 Å². The van der Waals surface area contributed by atoms with E-state index >= 15 is 0 Å². The van der Waals surface area contributed by atoms with Gasteiger partial charge in [0.05, 0.1) is 10.9 Å². The molecule has 2 aromatic rings. The van der Waals surface area contributed by atoms with E-state index in [2.05, 4.69) is 0 Å². The third-order valence-electron chi connectivity index (χ3n) is 3.86. The van der Waals surface area contributed by atoms with Crippen LogP contribution in [0.1, 0.15) is 6.42 Å². The molecule has 0 aromatic heterocycles. The number of hydrogen-bond donors (Lipinski definition) is 1. The number of hydrogen-bond acceptors (Lipinski definition) is 6. The number of imide groups is 1. The van der Waals surface area contributed by atoms with Gasteiger partial charge in [0.15, 0.2) is 11.5 Å². The molecule has 2 heterocycles. The molecular formula is C17H14N2O4S. The zero-order valence-corrected chi connectivity index (χ0v) is 13.4. The number of anilines is 2. The van der Waals surface area contributed by atoms with Crippen molar-refractivity contribution in [2.45, 2.75) is 16.6 Å². The van der Waals surface area contributed by atoms with Gasteiger partial charge in [0, 0.05) is 23.1 Å². The molecule has 0 spiro atoms. The van der Waals surface area contributed by atoms with E-state index in [1.54, 1.807) is 30.3 Å². The number of fused-ring (bicyclic) bond motifs is 1. The SMILES string of the molecule is Nc1cccc(S[C@H]2CC(=O)N(c3ccc4c(c3)OCO4)C2=O)c1. The highest BCUT2D eigenvalue weighted by atomic mass is 32.2. The van der Waals surface area contributed by atoms with Crippen LogP contribution in [0.2, 0.25) is 0 Å². The standard InChI is InChI=1S/C17H14N2O4S/c18-10-2-1-3-12(6-10)24-15-8-16(20)19(17(15)21)11-4-5-13-14(7-11)23-9-22-13/h1-7,15H,8-9,18H2/t15-/m0/s1. The topological polar surface area (TPSA) is 81.9 Å². The summed E-state index contributed by atoms with van der Waals surface area (Å²) in [6, 6.07) is 12.3. The Hall–Kier alpha value is -2.67. The molecule has 0 aliphatic carbocycles. The molecule has 6 nitrogen and oxygen atoms in total. The second-order valence-electron chi connectivity index (χ2n) is 5.49. The summed E-state index contributed by atoms with van der Waals surface area (Å²) in [7, 11) is 0.